The van der Waals surface area contributed by atoms with Gasteiger partial charge in [-0.2, -0.15) is 0 Å². The SMILES string of the molecule is Cl[C@H]1CCCC[C@@H]1Br. The zero-order chi connectivity index (χ0) is 5.98. The molecule has 0 aromatic heterocycles. The van der Waals surface area contributed by atoms with Crippen molar-refractivity contribution in [3.8, 4) is 0 Å². The Hall–Kier alpha value is 0.770. The summed E-state index contributed by atoms with van der Waals surface area (Å²) in [6, 6.07) is 0. The molecule has 1 aliphatic rings. The Morgan fingerprint density at radius 2 is 1.88 bits per heavy atom. The quantitative estimate of drug-likeness (QED) is 0.524. The Balaban J connectivity index is 2.28. The molecule has 0 unspecified atom stereocenters. The second-order valence-electron chi connectivity index (χ2n) is 2.32. The Morgan fingerprint density at radius 3 is 2.25 bits per heavy atom. The first kappa shape index (κ1) is 6.88. The summed E-state index contributed by atoms with van der Waals surface area (Å²) in [5.74, 6) is 0. The van der Waals surface area contributed by atoms with Gasteiger partial charge in [0.05, 0.1) is 0 Å². The van der Waals surface area contributed by atoms with E-state index in [9.17, 15) is 0 Å². The molecule has 0 amide bonds. The summed E-state index contributed by atoms with van der Waals surface area (Å²) in [5.41, 5.74) is 0. The predicted molar refractivity (Wildman–Crippen MR) is 40.8 cm³/mol. The van der Waals surface area contributed by atoms with Crippen LogP contribution in [0.15, 0.2) is 0 Å². The minimum Gasteiger partial charge on any atom is -0.122 e. The molecule has 1 saturated carbocycles. The van der Waals surface area contributed by atoms with Crippen molar-refractivity contribution in [1.82, 2.24) is 0 Å². The predicted octanol–water partition coefficient (Wildman–Crippen LogP) is 2.93. The van der Waals surface area contributed by atoms with Crippen LogP contribution in [0.3, 0.4) is 0 Å². The number of halogens is 2. The lowest BCUT2D eigenvalue weighted by Crippen LogP contribution is -2.18. The monoisotopic (exact) mass is 196 g/mol. The van der Waals surface area contributed by atoms with Crippen LogP contribution in [0, 0.1) is 0 Å². The molecule has 2 heteroatoms. The lowest BCUT2D eigenvalue weighted by Gasteiger charge is -2.20. The van der Waals surface area contributed by atoms with Gasteiger partial charge < -0.3 is 0 Å². The Labute approximate surface area is 63.7 Å². The van der Waals surface area contributed by atoms with Gasteiger partial charge in [-0.25, -0.2) is 0 Å². The summed E-state index contributed by atoms with van der Waals surface area (Å²) in [7, 11) is 0. The molecule has 0 aliphatic heterocycles. The standard InChI is InChI=1S/C6H10BrCl/c7-5-3-1-2-4-6(5)8/h5-6H,1-4H2/t5-,6-/m0/s1. The van der Waals surface area contributed by atoms with Crippen molar-refractivity contribution in [1.29, 1.82) is 0 Å². The number of hydrogen-bond donors (Lipinski definition) is 0. The fourth-order valence-corrected chi connectivity index (χ4v) is 1.91. The summed E-state index contributed by atoms with van der Waals surface area (Å²) >= 11 is 9.44. The fourth-order valence-electron chi connectivity index (χ4n) is 1.04. The van der Waals surface area contributed by atoms with Crippen LogP contribution in [-0.4, -0.2) is 10.2 Å². The van der Waals surface area contributed by atoms with E-state index in [2.05, 4.69) is 15.9 Å². The van der Waals surface area contributed by atoms with Crippen LogP contribution in [0.5, 0.6) is 0 Å². The molecule has 0 nitrogen and oxygen atoms in total. The maximum atomic E-state index is 5.92. The van der Waals surface area contributed by atoms with Crippen LogP contribution in [-0.2, 0) is 0 Å². The fraction of sp³-hybridized carbons (Fsp3) is 1.00. The Morgan fingerprint density at radius 1 is 1.25 bits per heavy atom. The second kappa shape index (κ2) is 3.07. The van der Waals surface area contributed by atoms with Gasteiger partial charge in [0.1, 0.15) is 0 Å². The van der Waals surface area contributed by atoms with E-state index in [1.807, 2.05) is 0 Å². The first-order chi connectivity index (χ1) is 3.80. The summed E-state index contributed by atoms with van der Waals surface area (Å²) in [6.45, 7) is 0. The molecule has 0 aromatic carbocycles. The molecule has 0 heterocycles. The Kier molecular flexibility index (Phi) is 2.64. The number of alkyl halides is 2. The zero-order valence-corrected chi connectivity index (χ0v) is 7.08. The highest BCUT2D eigenvalue weighted by molar-refractivity contribution is 9.09. The first-order valence-corrected chi connectivity index (χ1v) is 4.44. The van der Waals surface area contributed by atoms with E-state index in [-0.39, 0.29) is 0 Å². The van der Waals surface area contributed by atoms with E-state index in [0.717, 1.165) is 0 Å². The van der Waals surface area contributed by atoms with Crippen molar-refractivity contribution >= 4 is 27.5 Å². The zero-order valence-electron chi connectivity index (χ0n) is 4.74. The summed E-state index contributed by atoms with van der Waals surface area (Å²) in [6.07, 6.45) is 5.11. The highest BCUT2D eigenvalue weighted by Crippen LogP contribution is 2.27. The molecular formula is C6H10BrCl. The molecular weight excluding hydrogens is 187 g/mol. The molecule has 0 N–H and O–H groups in total. The van der Waals surface area contributed by atoms with Crippen LogP contribution in [0.2, 0.25) is 0 Å². The van der Waals surface area contributed by atoms with E-state index in [4.69, 9.17) is 11.6 Å². The van der Waals surface area contributed by atoms with E-state index in [1.165, 1.54) is 25.7 Å². The molecule has 1 fully saturated rings. The molecule has 48 valence electrons. The summed E-state index contributed by atoms with van der Waals surface area (Å²) < 4.78 is 0. The maximum Gasteiger partial charge on any atom is 0.0461 e. The highest BCUT2D eigenvalue weighted by Gasteiger charge is 2.19. The summed E-state index contributed by atoms with van der Waals surface area (Å²) in [4.78, 5) is 0.581. The van der Waals surface area contributed by atoms with Gasteiger partial charge in [0.2, 0.25) is 0 Å². The second-order valence-corrected chi connectivity index (χ2v) is 4.05. The molecule has 0 saturated heterocycles. The van der Waals surface area contributed by atoms with Crippen molar-refractivity contribution in [2.24, 2.45) is 0 Å². The van der Waals surface area contributed by atoms with Crippen molar-refractivity contribution in [2.75, 3.05) is 0 Å². The van der Waals surface area contributed by atoms with Crippen molar-refractivity contribution in [2.45, 2.75) is 35.9 Å². The number of hydrogen-bond acceptors (Lipinski definition) is 0. The highest BCUT2D eigenvalue weighted by atomic mass is 79.9. The maximum absolute atomic E-state index is 5.92. The van der Waals surface area contributed by atoms with E-state index >= 15 is 0 Å². The largest absolute Gasteiger partial charge is 0.122 e. The van der Waals surface area contributed by atoms with Gasteiger partial charge in [0.15, 0.2) is 0 Å². The third kappa shape index (κ3) is 1.63. The van der Waals surface area contributed by atoms with Gasteiger partial charge in [-0.15, -0.1) is 11.6 Å². The van der Waals surface area contributed by atoms with Gasteiger partial charge in [-0.1, -0.05) is 28.8 Å². The first-order valence-electron chi connectivity index (χ1n) is 3.09. The van der Waals surface area contributed by atoms with Gasteiger partial charge in [0.25, 0.3) is 0 Å². The smallest absolute Gasteiger partial charge is 0.0461 e. The minimum atomic E-state index is 0.392. The average Bonchev–Trinajstić information content (AvgIpc) is 1.77. The van der Waals surface area contributed by atoms with Gasteiger partial charge in [-0.3, -0.25) is 0 Å². The third-order valence-electron chi connectivity index (χ3n) is 1.60. The van der Waals surface area contributed by atoms with Gasteiger partial charge >= 0.3 is 0 Å². The average molecular weight is 198 g/mol. The molecule has 1 aliphatic carbocycles. The minimum absolute atomic E-state index is 0.392. The van der Waals surface area contributed by atoms with Crippen LogP contribution >= 0.6 is 27.5 Å². The van der Waals surface area contributed by atoms with Crippen LogP contribution in [0.25, 0.3) is 0 Å². The van der Waals surface area contributed by atoms with Crippen molar-refractivity contribution in [3.05, 3.63) is 0 Å². The molecule has 0 radical (unpaired) electrons. The van der Waals surface area contributed by atoms with Crippen molar-refractivity contribution in [3.63, 3.8) is 0 Å². The lowest BCUT2D eigenvalue weighted by molar-refractivity contribution is 0.528. The number of rotatable bonds is 0. The normalized spacial score (nSPS) is 39.8. The molecule has 8 heavy (non-hydrogen) atoms. The van der Waals surface area contributed by atoms with Crippen LogP contribution < -0.4 is 0 Å². The summed E-state index contributed by atoms with van der Waals surface area (Å²) in [5, 5.41) is 0.392. The third-order valence-corrected chi connectivity index (χ3v) is 3.53. The van der Waals surface area contributed by atoms with E-state index < -0.39 is 0 Å². The van der Waals surface area contributed by atoms with Gasteiger partial charge in [0, 0.05) is 10.2 Å². The molecule has 0 spiro atoms. The van der Waals surface area contributed by atoms with Crippen LogP contribution in [0.1, 0.15) is 25.7 Å². The Bertz CT molecular complexity index is 64.9. The molecule has 2 atom stereocenters. The lowest BCUT2D eigenvalue weighted by atomic mass is 10.0. The molecule has 1 rings (SSSR count). The van der Waals surface area contributed by atoms with E-state index in [1.54, 1.807) is 0 Å². The van der Waals surface area contributed by atoms with Crippen molar-refractivity contribution < 1.29 is 0 Å². The van der Waals surface area contributed by atoms with E-state index in [0.29, 0.717) is 10.2 Å². The van der Waals surface area contributed by atoms with Gasteiger partial charge in [-0.05, 0) is 12.8 Å². The topological polar surface area (TPSA) is 0 Å². The molecule has 0 aromatic rings. The van der Waals surface area contributed by atoms with Crippen LogP contribution in [0.4, 0.5) is 0 Å². The molecule has 0 bridgehead atoms.